The topological polar surface area (TPSA) is 365 Å². The zero-order valence-electron chi connectivity index (χ0n) is 35.5. The average molecular weight is 887 g/mol. The number of phenolic OH excluding ortho intramolecular Hbond substituents is 2. The van der Waals surface area contributed by atoms with Gasteiger partial charge in [-0.15, -0.1) is 0 Å². The van der Waals surface area contributed by atoms with Gasteiger partial charge in [0.1, 0.15) is 47.8 Å². The smallest absolute Gasteiger partial charge is 0.326 e. The van der Waals surface area contributed by atoms with Crippen LogP contribution < -0.4 is 43.0 Å². The Bertz CT molecular complexity index is 1930. The van der Waals surface area contributed by atoms with Crippen LogP contribution in [0.15, 0.2) is 48.5 Å². The fraction of sp³-hybridized carbons (Fsp3) is 0.488. The standard InChI is InChI=1S/C41H58N8O14/c1-20(2)14-27(42)36(57)43-18-32(53)45-31(19-50)39(60)46-28(15-23-6-10-25(51)11-7-23)37(58)44-22(5)35(56)49-34(21(3)4)40(61)47-29(17-33(54)55)38(59)48-30(41(62)63)16-24-8-12-26(52)13-9-24/h6-13,20-22,27-31,34,50-52H,14-19,42H2,1-5H3,(H,43,57)(H,44,58)(H,45,53)(H,46,60)(H,47,61)(H,48,59)(H,49,56)(H,54,55)(H,62,63)/t22-,27-,28-,29-,30-,31-,34-/m0/s1. The van der Waals surface area contributed by atoms with E-state index >= 15 is 0 Å². The number of rotatable bonds is 25. The zero-order valence-corrected chi connectivity index (χ0v) is 35.5. The summed E-state index contributed by atoms with van der Waals surface area (Å²) >= 11 is 0. The van der Waals surface area contributed by atoms with Crippen LogP contribution in [0.5, 0.6) is 11.5 Å². The van der Waals surface area contributed by atoms with Crippen molar-refractivity contribution >= 4 is 53.3 Å². The Kier molecular flexibility index (Phi) is 20.9. The second-order valence-electron chi connectivity index (χ2n) is 15.6. The number of nitrogens with one attached hydrogen (secondary N) is 7. The van der Waals surface area contributed by atoms with Gasteiger partial charge in [0.2, 0.25) is 41.4 Å². The van der Waals surface area contributed by atoms with Crippen LogP contribution >= 0.6 is 0 Å². The summed E-state index contributed by atoms with van der Waals surface area (Å²) in [5, 5.41) is 64.8. The average Bonchev–Trinajstić information content (AvgIpc) is 3.20. The fourth-order valence-corrected chi connectivity index (χ4v) is 5.88. The van der Waals surface area contributed by atoms with Crippen molar-refractivity contribution in [3.8, 4) is 11.5 Å². The molecule has 0 aliphatic rings. The molecule has 0 spiro atoms. The molecule has 0 heterocycles. The summed E-state index contributed by atoms with van der Waals surface area (Å²) in [6.45, 7) is 6.52. The maximum Gasteiger partial charge on any atom is 0.326 e. The predicted molar refractivity (Wildman–Crippen MR) is 223 cm³/mol. The van der Waals surface area contributed by atoms with E-state index in [4.69, 9.17) is 5.73 Å². The first kappa shape index (κ1) is 52.3. The summed E-state index contributed by atoms with van der Waals surface area (Å²) in [4.78, 5) is 116. The van der Waals surface area contributed by atoms with Gasteiger partial charge in [-0.1, -0.05) is 52.0 Å². The first-order valence-electron chi connectivity index (χ1n) is 20.0. The van der Waals surface area contributed by atoms with E-state index in [0.717, 1.165) is 0 Å². The monoisotopic (exact) mass is 886 g/mol. The molecule has 0 aromatic heterocycles. The molecule has 346 valence electrons. The van der Waals surface area contributed by atoms with Gasteiger partial charge in [0.25, 0.3) is 0 Å². The number of carbonyl (C=O) groups is 9. The van der Waals surface area contributed by atoms with Crippen LogP contribution in [0.3, 0.4) is 0 Å². The van der Waals surface area contributed by atoms with Crippen LogP contribution in [0.4, 0.5) is 0 Å². The molecular formula is C41H58N8O14. The number of phenols is 2. The predicted octanol–water partition coefficient (Wildman–Crippen LogP) is -2.49. The largest absolute Gasteiger partial charge is 0.508 e. The lowest BCUT2D eigenvalue weighted by Gasteiger charge is -2.27. The Morgan fingerprint density at radius 3 is 1.52 bits per heavy atom. The van der Waals surface area contributed by atoms with Crippen molar-refractivity contribution in [1.82, 2.24) is 37.2 Å². The molecule has 2 aromatic rings. The highest BCUT2D eigenvalue weighted by Crippen LogP contribution is 2.14. The Morgan fingerprint density at radius 1 is 0.571 bits per heavy atom. The van der Waals surface area contributed by atoms with Gasteiger partial charge in [-0.25, -0.2) is 4.79 Å². The van der Waals surface area contributed by atoms with Crippen LogP contribution in [0.2, 0.25) is 0 Å². The molecule has 7 amide bonds. The summed E-state index contributed by atoms with van der Waals surface area (Å²) in [7, 11) is 0. The third-order valence-corrected chi connectivity index (χ3v) is 9.33. The molecule has 0 fully saturated rings. The van der Waals surface area contributed by atoms with Gasteiger partial charge in [-0.05, 0) is 60.6 Å². The number of aliphatic hydroxyl groups excluding tert-OH is 1. The van der Waals surface area contributed by atoms with Crippen molar-refractivity contribution in [2.24, 2.45) is 17.6 Å². The van der Waals surface area contributed by atoms with Crippen LogP contribution in [-0.4, -0.2) is 134 Å². The van der Waals surface area contributed by atoms with E-state index in [1.54, 1.807) is 0 Å². The summed E-state index contributed by atoms with van der Waals surface area (Å²) < 4.78 is 0. The number of benzene rings is 2. The van der Waals surface area contributed by atoms with Gasteiger partial charge in [0.15, 0.2) is 0 Å². The number of aromatic hydroxyl groups is 2. The van der Waals surface area contributed by atoms with Crippen molar-refractivity contribution < 1.29 is 68.7 Å². The molecule has 14 N–H and O–H groups in total. The zero-order chi connectivity index (χ0) is 47.6. The molecule has 63 heavy (non-hydrogen) atoms. The molecular weight excluding hydrogens is 828 g/mol. The third-order valence-electron chi connectivity index (χ3n) is 9.33. The minimum atomic E-state index is -1.80. The summed E-state index contributed by atoms with van der Waals surface area (Å²) in [6.07, 6.45) is -1.08. The summed E-state index contributed by atoms with van der Waals surface area (Å²) in [5.74, 6) is -10.2. The molecule has 0 aliphatic heterocycles. The van der Waals surface area contributed by atoms with E-state index in [2.05, 4.69) is 37.2 Å². The molecule has 22 heteroatoms. The third kappa shape index (κ3) is 18.4. The van der Waals surface area contributed by atoms with E-state index in [1.807, 2.05) is 13.8 Å². The van der Waals surface area contributed by atoms with Crippen molar-refractivity contribution in [2.75, 3.05) is 13.2 Å². The molecule has 0 aliphatic carbocycles. The molecule has 2 rings (SSSR count). The molecule has 7 atom stereocenters. The van der Waals surface area contributed by atoms with Crippen molar-refractivity contribution in [3.63, 3.8) is 0 Å². The molecule has 0 saturated carbocycles. The van der Waals surface area contributed by atoms with Gasteiger partial charge in [-0.2, -0.15) is 0 Å². The number of amides is 7. The Morgan fingerprint density at radius 2 is 1.05 bits per heavy atom. The number of hydrogen-bond acceptors (Lipinski definition) is 13. The number of carboxylic acids is 2. The van der Waals surface area contributed by atoms with Crippen LogP contribution in [0.25, 0.3) is 0 Å². The minimum Gasteiger partial charge on any atom is -0.508 e. The number of carboxylic acid groups (broad SMARTS) is 2. The number of nitrogens with two attached hydrogens (primary N) is 1. The SMILES string of the molecule is CC(C)C[C@H](N)C(=O)NCC(=O)N[C@@H](CO)C(=O)N[C@@H](Cc1ccc(O)cc1)C(=O)N[C@@H](C)C(=O)N[C@H](C(=O)N[C@@H](CC(=O)O)C(=O)N[C@@H](Cc1ccc(O)cc1)C(=O)O)C(C)C. The van der Waals surface area contributed by atoms with E-state index in [9.17, 15) is 68.7 Å². The number of carbonyl (C=O) groups excluding carboxylic acids is 7. The Balaban J connectivity index is 2.19. The van der Waals surface area contributed by atoms with Crippen LogP contribution in [0.1, 0.15) is 58.6 Å². The Labute approximate surface area is 363 Å². The van der Waals surface area contributed by atoms with Gasteiger partial charge >= 0.3 is 11.9 Å². The molecule has 2 aromatic carbocycles. The maximum absolute atomic E-state index is 13.7. The molecule has 0 saturated heterocycles. The lowest BCUT2D eigenvalue weighted by Crippen LogP contribution is -2.60. The van der Waals surface area contributed by atoms with E-state index < -0.39 is 121 Å². The van der Waals surface area contributed by atoms with Crippen molar-refractivity contribution in [2.45, 2.75) is 103 Å². The lowest BCUT2D eigenvalue weighted by atomic mass is 10.0. The number of hydrogen-bond donors (Lipinski definition) is 13. The fourth-order valence-electron chi connectivity index (χ4n) is 5.88. The van der Waals surface area contributed by atoms with Crippen molar-refractivity contribution in [3.05, 3.63) is 59.7 Å². The first-order valence-corrected chi connectivity index (χ1v) is 20.0. The second kappa shape index (κ2) is 25.2. The van der Waals surface area contributed by atoms with Gasteiger partial charge in [-0.3, -0.25) is 38.4 Å². The normalized spacial score (nSPS) is 14.4. The van der Waals surface area contributed by atoms with Crippen LogP contribution in [0, 0.1) is 11.8 Å². The van der Waals surface area contributed by atoms with E-state index in [1.165, 1.54) is 69.3 Å². The highest BCUT2D eigenvalue weighted by molar-refractivity contribution is 5.98. The highest BCUT2D eigenvalue weighted by atomic mass is 16.4. The Hall–Kier alpha value is -6.81. The van der Waals surface area contributed by atoms with Crippen LogP contribution in [-0.2, 0) is 56.0 Å². The minimum absolute atomic E-state index is 0.0818. The van der Waals surface area contributed by atoms with Gasteiger partial charge in [0, 0.05) is 12.8 Å². The maximum atomic E-state index is 13.7. The number of aliphatic hydroxyl groups is 1. The lowest BCUT2D eigenvalue weighted by molar-refractivity contribution is -0.143. The quantitative estimate of drug-likeness (QED) is 0.0491. The van der Waals surface area contributed by atoms with Gasteiger partial charge in [0.05, 0.1) is 25.6 Å². The number of aliphatic carboxylic acids is 2. The summed E-state index contributed by atoms with van der Waals surface area (Å²) in [5.41, 5.74) is 6.67. The van der Waals surface area contributed by atoms with E-state index in [0.29, 0.717) is 17.5 Å². The first-order chi connectivity index (χ1) is 29.5. The van der Waals surface area contributed by atoms with Crippen molar-refractivity contribution in [1.29, 1.82) is 0 Å². The second-order valence-corrected chi connectivity index (χ2v) is 15.6. The summed E-state index contributed by atoms with van der Waals surface area (Å²) in [6, 6.07) is 0.894. The van der Waals surface area contributed by atoms with Gasteiger partial charge < -0.3 is 68.5 Å². The molecule has 0 bridgehead atoms. The molecule has 22 nitrogen and oxygen atoms in total. The van der Waals surface area contributed by atoms with E-state index in [-0.39, 0.29) is 30.3 Å². The molecule has 0 radical (unpaired) electrons. The highest BCUT2D eigenvalue weighted by Gasteiger charge is 2.34. The molecule has 0 unspecified atom stereocenters.